The van der Waals surface area contributed by atoms with E-state index in [0.717, 1.165) is 6.26 Å². The van der Waals surface area contributed by atoms with Crippen LogP contribution in [0, 0.1) is 0 Å². The molecule has 13 nitrogen and oxygen atoms in total. The molecule has 0 bridgehead atoms. The molecule has 0 spiro atoms. The molecule has 0 aromatic heterocycles. The minimum absolute atomic E-state index is 0.0567. The van der Waals surface area contributed by atoms with Crippen molar-refractivity contribution in [1.29, 1.82) is 0 Å². The van der Waals surface area contributed by atoms with Crippen LogP contribution >= 0.6 is 46.4 Å². The molecule has 0 radical (unpaired) electrons. The van der Waals surface area contributed by atoms with Gasteiger partial charge in [0, 0.05) is 6.26 Å². The van der Waals surface area contributed by atoms with Gasteiger partial charge in [-0.25, -0.2) is 26.8 Å². The zero-order chi connectivity index (χ0) is 36.9. The monoisotopic (exact) mass is 812 g/mol. The fraction of sp³-hybridized carbons (Fsp3) is 0.429. The van der Waals surface area contributed by atoms with Crippen LogP contribution in [0.2, 0.25) is 0 Å². The van der Waals surface area contributed by atoms with Crippen LogP contribution in [-0.4, -0.2) is 97.9 Å². The maximum Gasteiger partial charge on any atom is 0.509 e. The molecule has 2 aromatic rings. The first kappa shape index (κ1) is 42.4. The molecule has 49 heavy (non-hydrogen) atoms. The summed E-state index contributed by atoms with van der Waals surface area (Å²) >= 11 is 20.8. The summed E-state index contributed by atoms with van der Waals surface area (Å²) in [6.45, 7) is -3.81. The normalized spacial score (nSPS) is 14.6. The molecular formula is C28H30Cl4F2N2O11S2. The Labute approximate surface area is 303 Å². The SMILES string of the molecule is C[S+]([O-])c1ccc([C@@H](OC(=O)OCCOC(=O)O[C@H](c2ccc(S(C)(=O)=O)cc2)[C@@H](CF)NC(=O)C(Cl)Cl)[C@@H](CF)NC(=O)C(Cl)Cl)cc1. The van der Waals surface area contributed by atoms with E-state index >= 15 is 0 Å². The largest absolute Gasteiger partial charge is 0.612 e. The van der Waals surface area contributed by atoms with Crippen molar-refractivity contribution >= 4 is 91.5 Å². The van der Waals surface area contributed by atoms with Gasteiger partial charge in [-0.3, -0.25) is 9.59 Å². The van der Waals surface area contributed by atoms with Crippen LogP contribution < -0.4 is 10.6 Å². The van der Waals surface area contributed by atoms with E-state index in [1.165, 1.54) is 54.8 Å². The second-order valence-electron chi connectivity index (χ2n) is 9.78. The van der Waals surface area contributed by atoms with Crippen LogP contribution in [0.3, 0.4) is 0 Å². The van der Waals surface area contributed by atoms with Gasteiger partial charge in [0.25, 0.3) is 11.8 Å². The highest BCUT2D eigenvalue weighted by Gasteiger charge is 2.33. The number of carbonyl (C=O) groups is 4. The summed E-state index contributed by atoms with van der Waals surface area (Å²) in [4.78, 5) is 46.3. The number of amides is 2. The molecule has 0 fully saturated rings. The Hall–Kier alpha value is -2.80. The number of nitrogens with one attached hydrogen (secondary N) is 2. The third-order valence-corrected chi connectivity index (χ3v) is 9.12. The Balaban J connectivity index is 2.11. The molecule has 0 aliphatic heterocycles. The van der Waals surface area contributed by atoms with Crippen molar-refractivity contribution in [2.24, 2.45) is 0 Å². The van der Waals surface area contributed by atoms with Crippen molar-refractivity contribution in [2.45, 2.75) is 43.8 Å². The molecular weight excluding hydrogens is 784 g/mol. The summed E-state index contributed by atoms with van der Waals surface area (Å²) in [6, 6.07) is 7.41. The molecule has 0 aliphatic rings. The molecule has 0 saturated heterocycles. The second kappa shape index (κ2) is 20.1. The number of carbonyl (C=O) groups excluding carboxylic acids is 4. The van der Waals surface area contributed by atoms with Crippen LogP contribution in [0.5, 0.6) is 0 Å². The Morgan fingerprint density at radius 1 is 0.755 bits per heavy atom. The van der Waals surface area contributed by atoms with E-state index in [2.05, 4.69) is 10.6 Å². The number of sulfone groups is 1. The van der Waals surface area contributed by atoms with Crippen molar-refractivity contribution in [1.82, 2.24) is 10.6 Å². The average Bonchev–Trinajstić information content (AvgIpc) is 3.05. The first-order chi connectivity index (χ1) is 23.0. The fourth-order valence-corrected chi connectivity index (χ4v) is 5.33. The summed E-state index contributed by atoms with van der Waals surface area (Å²) in [5, 5.41) is 4.38. The van der Waals surface area contributed by atoms with Gasteiger partial charge < -0.3 is 34.1 Å². The summed E-state index contributed by atoms with van der Waals surface area (Å²) in [6.07, 6.45) is -3.47. The summed E-state index contributed by atoms with van der Waals surface area (Å²) in [5.41, 5.74) is 0.232. The summed E-state index contributed by atoms with van der Waals surface area (Å²) < 4.78 is 83.7. The number of hydrogen-bond acceptors (Lipinski definition) is 11. The smallest absolute Gasteiger partial charge is 0.509 e. The highest BCUT2D eigenvalue weighted by molar-refractivity contribution is 7.91. The zero-order valence-corrected chi connectivity index (χ0v) is 30.1. The van der Waals surface area contributed by atoms with Crippen molar-refractivity contribution in [2.75, 3.05) is 39.1 Å². The van der Waals surface area contributed by atoms with Crippen molar-refractivity contribution in [3.8, 4) is 0 Å². The Morgan fingerprint density at radius 2 is 1.12 bits per heavy atom. The van der Waals surface area contributed by atoms with Crippen LogP contribution in [-0.2, 0) is 49.5 Å². The summed E-state index contributed by atoms with van der Waals surface area (Å²) in [5.74, 6) is -1.99. The van der Waals surface area contributed by atoms with Gasteiger partial charge >= 0.3 is 12.3 Å². The van der Waals surface area contributed by atoms with Gasteiger partial charge in [0.2, 0.25) is 0 Å². The van der Waals surface area contributed by atoms with Crippen LogP contribution in [0.25, 0.3) is 0 Å². The van der Waals surface area contributed by atoms with Crippen molar-refractivity contribution in [3.63, 3.8) is 0 Å². The lowest BCUT2D eigenvalue weighted by Gasteiger charge is -2.26. The predicted octanol–water partition coefficient (Wildman–Crippen LogP) is 4.43. The fourth-order valence-electron chi connectivity index (χ4n) is 3.93. The summed E-state index contributed by atoms with van der Waals surface area (Å²) in [7, 11) is -3.61. The Bertz CT molecular complexity index is 1520. The lowest BCUT2D eigenvalue weighted by Crippen LogP contribution is -2.44. The highest BCUT2D eigenvalue weighted by Crippen LogP contribution is 2.27. The quantitative estimate of drug-likeness (QED) is 0.0996. The van der Waals surface area contributed by atoms with Crippen LogP contribution in [0.4, 0.5) is 18.4 Å². The second-order valence-corrected chi connectivity index (χ2v) is 15.4. The number of rotatable bonds is 17. The number of alkyl halides is 6. The number of hydrogen-bond donors (Lipinski definition) is 2. The standard InChI is InChI=1S/C28H30Cl4F2N2O11S2/c1-48(41)17-7-3-15(4-8-17)21(19(13-33)35-25(37)23(29)30)46-27(39)44-11-12-45-28(40)47-22(20(14-34)36-26(38)24(31)32)16-5-9-18(10-6-16)49(2,42)43/h3-10,19-24H,11-14H2,1-2H3,(H,35,37)(H,36,38)/t19-,20-,21-,22-,48?/m1/s1. The minimum atomic E-state index is -3.61. The minimum Gasteiger partial charge on any atom is -0.612 e. The van der Waals surface area contributed by atoms with Gasteiger partial charge in [-0.05, 0) is 46.6 Å². The molecule has 2 amide bonds. The molecule has 21 heteroatoms. The molecule has 0 saturated carbocycles. The van der Waals surface area contributed by atoms with Crippen molar-refractivity contribution in [3.05, 3.63) is 59.7 Å². The molecule has 2 N–H and O–H groups in total. The molecule has 2 aromatic carbocycles. The average molecular weight is 814 g/mol. The molecule has 0 heterocycles. The van der Waals surface area contributed by atoms with Gasteiger partial charge in [-0.2, -0.15) is 0 Å². The van der Waals surface area contributed by atoms with Crippen LogP contribution in [0.15, 0.2) is 58.3 Å². The van der Waals surface area contributed by atoms with E-state index < -0.39 is 106 Å². The van der Waals surface area contributed by atoms with E-state index in [0.29, 0.717) is 4.90 Å². The first-order valence-electron chi connectivity index (χ1n) is 13.7. The van der Waals surface area contributed by atoms with Crippen LogP contribution in [0.1, 0.15) is 23.3 Å². The number of ether oxygens (including phenoxy) is 4. The highest BCUT2D eigenvalue weighted by atomic mass is 35.5. The Kier molecular flexibility index (Phi) is 17.4. The molecule has 0 aliphatic carbocycles. The van der Waals surface area contributed by atoms with E-state index in [4.69, 9.17) is 65.4 Å². The first-order valence-corrected chi connectivity index (χ1v) is 18.9. The van der Waals surface area contributed by atoms with Gasteiger partial charge in [-0.15, -0.1) is 0 Å². The van der Waals surface area contributed by atoms with E-state index in [9.17, 15) is 40.9 Å². The lowest BCUT2D eigenvalue weighted by molar-refractivity contribution is -0.122. The van der Waals surface area contributed by atoms with E-state index in [-0.39, 0.29) is 16.0 Å². The maximum atomic E-state index is 14.0. The maximum absolute atomic E-state index is 14.0. The third kappa shape index (κ3) is 13.8. The Morgan fingerprint density at radius 3 is 1.43 bits per heavy atom. The predicted molar refractivity (Wildman–Crippen MR) is 175 cm³/mol. The molecule has 1 unspecified atom stereocenters. The topological polar surface area (TPSA) is 186 Å². The number of benzene rings is 2. The number of halogens is 6. The molecule has 272 valence electrons. The van der Waals surface area contributed by atoms with E-state index in [1.807, 2.05) is 0 Å². The van der Waals surface area contributed by atoms with Gasteiger partial charge in [0.15, 0.2) is 36.6 Å². The van der Waals surface area contributed by atoms with E-state index in [1.54, 1.807) is 0 Å². The van der Waals surface area contributed by atoms with Gasteiger partial charge in [0.05, 0.1) is 17.0 Å². The molecule has 2 rings (SSSR count). The lowest BCUT2D eigenvalue weighted by atomic mass is 10.0. The van der Waals surface area contributed by atoms with Crippen molar-refractivity contribution < 1.29 is 59.9 Å². The van der Waals surface area contributed by atoms with Gasteiger partial charge in [0.1, 0.15) is 32.8 Å². The van der Waals surface area contributed by atoms with Gasteiger partial charge in [-0.1, -0.05) is 70.7 Å². The zero-order valence-electron chi connectivity index (χ0n) is 25.5. The third-order valence-electron chi connectivity index (χ3n) is 6.26. The molecule has 5 atom stereocenters.